The van der Waals surface area contributed by atoms with Crippen molar-refractivity contribution in [1.29, 1.82) is 0 Å². The van der Waals surface area contributed by atoms with Crippen molar-refractivity contribution in [3.05, 3.63) is 70.8 Å². The maximum absolute atomic E-state index is 13.7. The SMILES string of the molecule is COc1ccc([C@@H]2Cn3nnc(C(=O)Nc4cccc(F)c4C)c3CO2)cc1. The molecule has 0 unspecified atom stereocenters. The van der Waals surface area contributed by atoms with Crippen LogP contribution in [0.3, 0.4) is 0 Å². The van der Waals surface area contributed by atoms with Gasteiger partial charge in [0.2, 0.25) is 0 Å². The van der Waals surface area contributed by atoms with E-state index in [9.17, 15) is 9.18 Å². The van der Waals surface area contributed by atoms with Gasteiger partial charge in [-0.1, -0.05) is 23.4 Å². The van der Waals surface area contributed by atoms with E-state index in [1.807, 2.05) is 24.3 Å². The van der Waals surface area contributed by atoms with Crippen molar-refractivity contribution in [2.24, 2.45) is 0 Å². The number of carbonyl (C=O) groups is 1. The van der Waals surface area contributed by atoms with Crippen molar-refractivity contribution < 1.29 is 18.7 Å². The number of carbonyl (C=O) groups excluding carboxylic acids is 1. The van der Waals surface area contributed by atoms with Crippen LogP contribution in [0, 0.1) is 12.7 Å². The smallest absolute Gasteiger partial charge is 0.278 e. The maximum Gasteiger partial charge on any atom is 0.278 e. The van der Waals surface area contributed by atoms with E-state index in [1.165, 1.54) is 6.07 Å². The highest BCUT2D eigenvalue weighted by molar-refractivity contribution is 6.04. The molecule has 28 heavy (non-hydrogen) atoms. The summed E-state index contributed by atoms with van der Waals surface area (Å²) in [6.45, 7) is 2.25. The van der Waals surface area contributed by atoms with Crippen LogP contribution in [0.5, 0.6) is 5.75 Å². The van der Waals surface area contributed by atoms with Gasteiger partial charge in [-0.25, -0.2) is 9.07 Å². The van der Waals surface area contributed by atoms with Gasteiger partial charge in [-0.05, 0) is 36.8 Å². The summed E-state index contributed by atoms with van der Waals surface area (Å²) in [6, 6.07) is 12.1. The molecule has 0 radical (unpaired) electrons. The Morgan fingerprint density at radius 1 is 1.29 bits per heavy atom. The number of amides is 1. The van der Waals surface area contributed by atoms with E-state index in [1.54, 1.807) is 30.8 Å². The number of nitrogens with zero attached hydrogens (tertiary/aromatic N) is 3. The minimum atomic E-state index is -0.443. The van der Waals surface area contributed by atoms with Gasteiger partial charge in [0.25, 0.3) is 5.91 Å². The van der Waals surface area contributed by atoms with Crippen molar-refractivity contribution in [2.75, 3.05) is 12.4 Å². The molecule has 2 aromatic carbocycles. The Hall–Kier alpha value is -3.26. The average Bonchev–Trinajstić information content (AvgIpc) is 3.15. The molecular formula is C20H19FN4O3. The van der Waals surface area contributed by atoms with Gasteiger partial charge in [0.05, 0.1) is 26.0 Å². The van der Waals surface area contributed by atoms with Crippen molar-refractivity contribution >= 4 is 11.6 Å². The van der Waals surface area contributed by atoms with E-state index < -0.39 is 5.91 Å². The van der Waals surface area contributed by atoms with Crippen LogP contribution in [0.15, 0.2) is 42.5 Å². The van der Waals surface area contributed by atoms with Crippen LogP contribution in [0.2, 0.25) is 0 Å². The molecule has 1 aromatic heterocycles. The summed E-state index contributed by atoms with van der Waals surface area (Å²) in [5, 5.41) is 10.8. The summed E-state index contributed by atoms with van der Waals surface area (Å²) in [6.07, 6.45) is -0.193. The lowest BCUT2D eigenvalue weighted by Crippen LogP contribution is -2.24. The highest BCUT2D eigenvalue weighted by atomic mass is 19.1. The first-order chi connectivity index (χ1) is 13.6. The molecule has 0 saturated carbocycles. The molecule has 4 rings (SSSR count). The predicted octanol–water partition coefficient (Wildman–Crippen LogP) is 3.26. The van der Waals surface area contributed by atoms with Gasteiger partial charge < -0.3 is 14.8 Å². The van der Waals surface area contributed by atoms with E-state index in [-0.39, 0.29) is 24.2 Å². The number of ether oxygens (including phenoxy) is 2. The molecule has 1 N–H and O–H groups in total. The molecule has 1 amide bonds. The van der Waals surface area contributed by atoms with E-state index in [0.717, 1.165) is 11.3 Å². The zero-order chi connectivity index (χ0) is 19.7. The fraction of sp³-hybridized carbons (Fsp3) is 0.250. The summed E-state index contributed by atoms with van der Waals surface area (Å²) in [4.78, 5) is 12.6. The monoisotopic (exact) mass is 382 g/mol. The highest BCUT2D eigenvalue weighted by Crippen LogP contribution is 2.28. The van der Waals surface area contributed by atoms with E-state index >= 15 is 0 Å². The third kappa shape index (κ3) is 3.34. The summed E-state index contributed by atoms with van der Waals surface area (Å²) >= 11 is 0. The van der Waals surface area contributed by atoms with Crippen LogP contribution < -0.4 is 10.1 Å². The lowest BCUT2D eigenvalue weighted by Gasteiger charge is -2.24. The first-order valence-corrected chi connectivity index (χ1v) is 8.81. The number of hydrogen-bond acceptors (Lipinski definition) is 5. The molecule has 0 fully saturated rings. The van der Waals surface area contributed by atoms with Crippen molar-refractivity contribution in [2.45, 2.75) is 26.2 Å². The summed E-state index contributed by atoms with van der Waals surface area (Å²) in [5.74, 6) is -0.0532. The largest absolute Gasteiger partial charge is 0.497 e. The van der Waals surface area contributed by atoms with E-state index in [4.69, 9.17) is 9.47 Å². The number of nitrogens with one attached hydrogen (secondary N) is 1. The first kappa shape index (κ1) is 18.1. The molecule has 144 valence electrons. The second kappa shape index (κ2) is 7.40. The van der Waals surface area contributed by atoms with E-state index in [2.05, 4.69) is 15.6 Å². The van der Waals surface area contributed by atoms with E-state index in [0.29, 0.717) is 23.5 Å². The molecule has 0 saturated heterocycles. The highest BCUT2D eigenvalue weighted by Gasteiger charge is 2.28. The fourth-order valence-electron chi connectivity index (χ4n) is 3.13. The molecule has 7 nitrogen and oxygen atoms in total. The van der Waals surface area contributed by atoms with Crippen molar-refractivity contribution in [3.63, 3.8) is 0 Å². The average molecular weight is 382 g/mol. The quantitative estimate of drug-likeness (QED) is 0.749. The normalized spacial score (nSPS) is 15.8. The Bertz CT molecular complexity index is 1020. The molecule has 0 aliphatic carbocycles. The van der Waals surface area contributed by atoms with Gasteiger partial charge in [-0.2, -0.15) is 0 Å². The van der Waals surface area contributed by atoms with Gasteiger partial charge in [0.1, 0.15) is 17.7 Å². The molecular weight excluding hydrogens is 363 g/mol. The summed E-state index contributed by atoms with van der Waals surface area (Å²) < 4.78 is 26.5. The Morgan fingerprint density at radius 2 is 2.07 bits per heavy atom. The Morgan fingerprint density at radius 3 is 2.82 bits per heavy atom. The van der Waals surface area contributed by atoms with Crippen LogP contribution in [0.1, 0.15) is 33.4 Å². The van der Waals surface area contributed by atoms with Gasteiger partial charge in [0, 0.05) is 11.3 Å². The predicted molar refractivity (Wildman–Crippen MR) is 99.6 cm³/mol. The standard InChI is InChI=1S/C20H19FN4O3/c1-12-15(21)4-3-5-16(12)22-20(26)19-17-11-28-18(10-25(17)24-23-19)13-6-8-14(27-2)9-7-13/h3-9,18H,10-11H2,1-2H3,(H,22,26)/t18-/m0/s1. The summed E-state index contributed by atoms with van der Waals surface area (Å²) in [5.41, 5.74) is 2.53. The molecule has 0 bridgehead atoms. The first-order valence-electron chi connectivity index (χ1n) is 8.81. The van der Waals surface area contributed by atoms with Crippen LogP contribution in [0.4, 0.5) is 10.1 Å². The van der Waals surface area contributed by atoms with Gasteiger partial charge in [0.15, 0.2) is 5.69 Å². The van der Waals surface area contributed by atoms with Crippen LogP contribution in [-0.4, -0.2) is 28.0 Å². The Balaban J connectivity index is 1.51. The Kier molecular flexibility index (Phi) is 4.79. The Labute approximate surface area is 161 Å². The zero-order valence-electron chi connectivity index (χ0n) is 15.5. The van der Waals surface area contributed by atoms with Crippen LogP contribution in [0.25, 0.3) is 0 Å². The topological polar surface area (TPSA) is 78.3 Å². The third-order valence-electron chi connectivity index (χ3n) is 4.82. The number of anilines is 1. The zero-order valence-corrected chi connectivity index (χ0v) is 15.5. The molecule has 1 aliphatic heterocycles. The van der Waals surface area contributed by atoms with Gasteiger partial charge >= 0.3 is 0 Å². The molecule has 3 aromatic rings. The lowest BCUT2D eigenvalue weighted by atomic mass is 10.1. The lowest BCUT2D eigenvalue weighted by molar-refractivity contribution is -0.00173. The van der Waals surface area contributed by atoms with Gasteiger partial charge in [-0.3, -0.25) is 4.79 Å². The number of aromatic nitrogens is 3. The molecule has 1 atom stereocenters. The number of rotatable bonds is 4. The molecule has 0 spiro atoms. The number of benzene rings is 2. The van der Waals surface area contributed by atoms with Crippen molar-refractivity contribution in [1.82, 2.24) is 15.0 Å². The maximum atomic E-state index is 13.7. The number of fused-ring (bicyclic) bond motifs is 1. The number of methoxy groups -OCH3 is 1. The molecule has 2 heterocycles. The van der Waals surface area contributed by atoms with Crippen LogP contribution >= 0.6 is 0 Å². The third-order valence-corrected chi connectivity index (χ3v) is 4.82. The number of halogens is 1. The fourth-order valence-corrected chi connectivity index (χ4v) is 3.13. The van der Waals surface area contributed by atoms with Crippen LogP contribution in [-0.2, 0) is 17.9 Å². The summed E-state index contributed by atoms with van der Waals surface area (Å²) in [7, 11) is 1.62. The minimum absolute atomic E-state index is 0.178. The molecule has 8 heteroatoms. The number of hydrogen-bond donors (Lipinski definition) is 1. The second-order valence-electron chi connectivity index (χ2n) is 6.51. The van der Waals surface area contributed by atoms with Gasteiger partial charge in [-0.15, -0.1) is 5.10 Å². The molecule has 1 aliphatic rings. The second-order valence-corrected chi connectivity index (χ2v) is 6.51. The van der Waals surface area contributed by atoms with Crippen molar-refractivity contribution in [3.8, 4) is 5.75 Å². The minimum Gasteiger partial charge on any atom is -0.497 e.